The lowest BCUT2D eigenvalue weighted by molar-refractivity contribution is -0.0596. The maximum absolute atomic E-state index is 5.87. The Balaban J connectivity index is 1.45. The van der Waals surface area contributed by atoms with Gasteiger partial charge in [0, 0.05) is 25.6 Å². The van der Waals surface area contributed by atoms with Gasteiger partial charge in [-0.05, 0) is 13.3 Å². The van der Waals surface area contributed by atoms with E-state index in [0.717, 1.165) is 31.6 Å². The molecule has 23 heavy (non-hydrogen) atoms. The van der Waals surface area contributed by atoms with Gasteiger partial charge < -0.3 is 19.8 Å². The molecule has 2 aromatic heterocycles. The van der Waals surface area contributed by atoms with E-state index in [0.29, 0.717) is 36.6 Å². The second-order valence-electron chi connectivity index (χ2n) is 6.28. The zero-order chi connectivity index (χ0) is 15.8. The first-order valence-electron chi connectivity index (χ1n) is 8.12. The van der Waals surface area contributed by atoms with Crippen LogP contribution in [-0.2, 0) is 9.47 Å². The molecule has 2 aromatic rings. The first-order chi connectivity index (χ1) is 11.2. The quantitative estimate of drug-likeness (QED) is 0.891. The van der Waals surface area contributed by atoms with Crippen LogP contribution in [-0.4, -0.2) is 63.1 Å². The molecule has 0 saturated carbocycles. The molecule has 124 valence electrons. The molecule has 2 aliphatic rings. The van der Waals surface area contributed by atoms with Gasteiger partial charge in [0.2, 0.25) is 0 Å². The molecule has 0 bridgehead atoms. The first-order valence-corrected chi connectivity index (χ1v) is 8.12. The number of likely N-dealkylation sites (tertiary alicyclic amines) is 1. The highest BCUT2D eigenvalue weighted by atomic mass is 16.7. The number of nitrogens with zero attached hydrogens (tertiary/aromatic N) is 5. The molecule has 2 N–H and O–H groups in total. The highest BCUT2D eigenvalue weighted by molar-refractivity contribution is 5.81. The molecule has 2 atom stereocenters. The minimum atomic E-state index is -0.0503. The van der Waals surface area contributed by atoms with Gasteiger partial charge in [-0.25, -0.2) is 15.0 Å². The van der Waals surface area contributed by atoms with Crippen LogP contribution in [0.5, 0.6) is 0 Å². The lowest BCUT2D eigenvalue weighted by atomic mass is 10.2. The van der Waals surface area contributed by atoms with E-state index in [1.54, 1.807) is 0 Å². The summed E-state index contributed by atoms with van der Waals surface area (Å²) >= 11 is 0. The smallest absolute Gasteiger partial charge is 0.165 e. The summed E-state index contributed by atoms with van der Waals surface area (Å²) in [6, 6.07) is 0.791. The summed E-state index contributed by atoms with van der Waals surface area (Å²) in [5.41, 5.74) is 7.38. The third kappa shape index (κ3) is 2.77. The summed E-state index contributed by atoms with van der Waals surface area (Å²) in [6.07, 6.45) is 5.27. The molecule has 4 rings (SSSR count). The number of anilines is 1. The van der Waals surface area contributed by atoms with Gasteiger partial charge in [0.1, 0.15) is 11.8 Å². The van der Waals surface area contributed by atoms with Gasteiger partial charge in [0.15, 0.2) is 17.8 Å². The Morgan fingerprint density at radius 3 is 2.96 bits per heavy atom. The molecule has 2 unspecified atom stereocenters. The van der Waals surface area contributed by atoms with Crippen molar-refractivity contribution in [3.8, 4) is 0 Å². The average molecular weight is 318 g/mol. The minimum absolute atomic E-state index is 0.0503. The number of hydrogen-bond donors (Lipinski definition) is 1. The number of imidazole rings is 1. The van der Waals surface area contributed by atoms with Crippen molar-refractivity contribution in [2.45, 2.75) is 38.1 Å². The fourth-order valence-corrected chi connectivity index (χ4v) is 3.50. The minimum Gasteiger partial charge on any atom is -0.382 e. The third-order valence-electron chi connectivity index (χ3n) is 4.82. The predicted octanol–water partition coefficient (Wildman–Crippen LogP) is 0.807. The summed E-state index contributed by atoms with van der Waals surface area (Å²) in [6.45, 7) is 5.69. The zero-order valence-corrected chi connectivity index (χ0v) is 13.3. The van der Waals surface area contributed by atoms with Gasteiger partial charge in [-0.15, -0.1) is 0 Å². The van der Waals surface area contributed by atoms with Crippen LogP contribution in [0, 0.1) is 0 Å². The van der Waals surface area contributed by atoms with Gasteiger partial charge in [-0.3, -0.25) is 4.90 Å². The summed E-state index contributed by atoms with van der Waals surface area (Å²) in [7, 11) is 0. The topological polar surface area (TPSA) is 91.3 Å². The van der Waals surface area contributed by atoms with Gasteiger partial charge in [0.25, 0.3) is 0 Å². The number of ether oxygens (including phenoxy) is 2. The van der Waals surface area contributed by atoms with Gasteiger partial charge in [-0.2, -0.15) is 0 Å². The van der Waals surface area contributed by atoms with Crippen molar-refractivity contribution in [3.63, 3.8) is 0 Å². The van der Waals surface area contributed by atoms with Crippen molar-refractivity contribution in [3.05, 3.63) is 12.7 Å². The molecule has 8 heteroatoms. The Morgan fingerprint density at radius 1 is 1.30 bits per heavy atom. The van der Waals surface area contributed by atoms with E-state index < -0.39 is 0 Å². The van der Waals surface area contributed by atoms with Crippen LogP contribution >= 0.6 is 0 Å². The number of hydrogen-bond acceptors (Lipinski definition) is 7. The Labute approximate surface area is 134 Å². The Hall–Kier alpha value is -1.77. The van der Waals surface area contributed by atoms with Crippen LogP contribution in [0.15, 0.2) is 12.7 Å². The standard InChI is InChI=1S/C15H22N6O2/c1-10(6-12-22-4-5-23-12)20-3-2-11(7-20)21-9-19-13-14(16)17-8-18-15(13)21/h8-12H,2-7H2,1H3,(H2,16,17,18). The summed E-state index contributed by atoms with van der Waals surface area (Å²) in [4.78, 5) is 15.2. The number of rotatable bonds is 4. The molecule has 2 fully saturated rings. The SMILES string of the molecule is CC(CC1OCCO1)N1CCC(n2cnc3c(N)ncnc32)C1. The number of nitrogens with two attached hydrogens (primary N) is 1. The van der Waals surface area contributed by atoms with Crippen molar-refractivity contribution in [1.29, 1.82) is 0 Å². The van der Waals surface area contributed by atoms with E-state index >= 15 is 0 Å². The van der Waals surface area contributed by atoms with E-state index in [9.17, 15) is 0 Å². The molecular weight excluding hydrogens is 296 g/mol. The highest BCUT2D eigenvalue weighted by Gasteiger charge is 2.30. The molecule has 8 nitrogen and oxygen atoms in total. The molecule has 0 radical (unpaired) electrons. The predicted molar refractivity (Wildman–Crippen MR) is 84.7 cm³/mol. The maximum Gasteiger partial charge on any atom is 0.165 e. The van der Waals surface area contributed by atoms with Crippen molar-refractivity contribution in [1.82, 2.24) is 24.4 Å². The molecule has 0 amide bonds. The van der Waals surface area contributed by atoms with Crippen LogP contribution in [0.3, 0.4) is 0 Å². The van der Waals surface area contributed by atoms with Crippen molar-refractivity contribution < 1.29 is 9.47 Å². The fraction of sp³-hybridized carbons (Fsp3) is 0.667. The second-order valence-corrected chi connectivity index (χ2v) is 6.28. The number of fused-ring (bicyclic) bond motifs is 1. The van der Waals surface area contributed by atoms with Crippen LogP contribution in [0.25, 0.3) is 11.2 Å². The summed E-state index contributed by atoms with van der Waals surface area (Å²) < 4.78 is 13.2. The third-order valence-corrected chi connectivity index (χ3v) is 4.82. The highest BCUT2D eigenvalue weighted by Crippen LogP contribution is 2.28. The van der Waals surface area contributed by atoms with Gasteiger partial charge >= 0.3 is 0 Å². The van der Waals surface area contributed by atoms with E-state index in [1.807, 2.05) is 6.33 Å². The summed E-state index contributed by atoms with van der Waals surface area (Å²) in [5.74, 6) is 0.438. The molecule has 2 aliphatic heterocycles. The monoisotopic (exact) mass is 318 g/mol. The van der Waals surface area contributed by atoms with Crippen molar-refractivity contribution >= 4 is 17.0 Å². The van der Waals surface area contributed by atoms with Gasteiger partial charge in [0.05, 0.1) is 25.6 Å². The second kappa shape index (κ2) is 6.03. The van der Waals surface area contributed by atoms with Crippen LogP contribution < -0.4 is 5.73 Å². The van der Waals surface area contributed by atoms with Crippen LogP contribution in [0.2, 0.25) is 0 Å². The molecule has 0 aliphatic carbocycles. The normalized spacial score (nSPS) is 24.7. The maximum atomic E-state index is 5.87. The molecule has 0 aromatic carbocycles. The van der Waals surface area contributed by atoms with Crippen LogP contribution in [0.4, 0.5) is 5.82 Å². The largest absolute Gasteiger partial charge is 0.382 e. The van der Waals surface area contributed by atoms with Crippen LogP contribution in [0.1, 0.15) is 25.8 Å². The lowest BCUT2D eigenvalue weighted by Crippen LogP contribution is -2.34. The van der Waals surface area contributed by atoms with E-state index in [2.05, 4.69) is 31.3 Å². The van der Waals surface area contributed by atoms with E-state index in [4.69, 9.17) is 15.2 Å². The Kier molecular flexibility index (Phi) is 3.88. The molecule has 0 spiro atoms. The zero-order valence-electron chi connectivity index (χ0n) is 13.3. The van der Waals surface area contributed by atoms with Crippen molar-refractivity contribution in [2.24, 2.45) is 0 Å². The Bertz CT molecular complexity index is 684. The van der Waals surface area contributed by atoms with E-state index in [-0.39, 0.29) is 6.29 Å². The number of aromatic nitrogens is 4. The molecule has 2 saturated heterocycles. The average Bonchev–Trinajstić information content (AvgIpc) is 3.27. The fourth-order valence-electron chi connectivity index (χ4n) is 3.50. The first kappa shape index (κ1) is 14.8. The summed E-state index contributed by atoms with van der Waals surface area (Å²) in [5, 5.41) is 0. The lowest BCUT2D eigenvalue weighted by Gasteiger charge is -2.26. The van der Waals surface area contributed by atoms with Crippen molar-refractivity contribution in [2.75, 3.05) is 32.0 Å². The Morgan fingerprint density at radius 2 is 2.13 bits per heavy atom. The van der Waals surface area contributed by atoms with E-state index in [1.165, 1.54) is 6.33 Å². The molecule has 4 heterocycles. The van der Waals surface area contributed by atoms with Gasteiger partial charge in [-0.1, -0.05) is 0 Å². The molecular formula is C15H22N6O2. The number of nitrogen functional groups attached to an aromatic ring is 1.